The first-order chi connectivity index (χ1) is 9.20. The molecule has 0 radical (unpaired) electrons. The third-order valence-corrected chi connectivity index (χ3v) is 4.07. The Hall–Kier alpha value is -1.87. The summed E-state index contributed by atoms with van der Waals surface area (Å²) >= 11 is 0. The van der Waals surface area contributed by atoms with Gasteiger partial charge in [0.15, 0.2) is 4.90 Å². The number of halogens is 3. The number of aliphatic carboxylic acids is 1. The highest BCUT2D eigenvalue weighted by atomic mass is 32.2. The highest BCUT2D eigenvalue weighted by Crippen LogP contribution is 2.23. The molecule has 0 unspecified atom stereocenters. The maximum atomic E-state index is 13.5. The second-order valence-electron chi connectivity index (χ2n) is 3.68. The summed E-state index contributed by atoms with van der Waals surface area (Å²) in [6, 6.07) is 0.394. The number of carboxylic acids is 1. The Labute approximate surface area is 113 Å². The van der Waals surface area contributed by atoms with Crippen molar-refractivity contribution in [1.82, 2.24) is 4.31 Å². The van der Waals surface area contributed by atoms with Gasteiger partial charge in [0.25, 0.3) is 0 Å². The van der Waals surface area contributed by atoms with E-state index in [1.54, 1.807) is 0 Å². The van der Waals surface area contributed by atoms with Crippen LogP contribution >= 0.6 is 0 Å². The lowest BCUT2D eigenvalue weighted by molar-refractivity contribution is -0.137. The minimum absolute atomic E-state index is 0.197. The van der Waals surface area contributed by atoms with Crippen LogP contribution in [-0.4, -0.2) is 36.9 Å². The first kappa shape index (κ1) is 16.2. The Morgan fingerprint density at radius 2 is 1.80 bits per heavy atom. The van der Waals surface area contributed by atoms with Gasteiger partial charge in [-0.25, -0.2) is 21.6 Å². The van der Waals surface area contributed by atoms with Crippen LogP contribution in [0.3, 0.4) is 0 Å². The topological polar surface area (TPSA) is 74.7 Å². The van der Waals surface area contributed by atoms with Crippen LogP contribution in [0.25, 0.3) is 0 Å². The quantitative estimate of drug-likeness (QED) is 0.805. The maximum Gasteiger partial charge on any atom is 0.318 e. The summed E-state index contributed by atoms with van der Waals surface area (Å²) in [6.45, 7) is 1.75. The fourth-order valence-corrected chi connectivity index (χ4v) is 2.90. The standard InChI is InChI=1S/C11H10F3NO4S/c1-2-3-15(6-10(16)17)20(18,19)11-8(13)4-7(12)5-9(11)14/h2,4-5H,1,3,6H2,(H,16,17). The van der Waals surface area contributed by atoms with Gasteiger partial charge in [-0.15, -0.1) is 6.58 Å². The molecular formula is C11H10F3NO4S. The number of hydrogen-bond donors (Lipinski definition) is 1. The second kappa shape index (κ2) is 6.06. The van der Waals surface area contributed by atoms with Gasteiger partial charge in [-0.1, -0.05) is 6.08 Å². The van der Waals surface area contributed by atoms with Crippen LogP contribution in [0.2, 0.25) is 0 Å². The number of nitrogens with zero attached hydrogens (tertiary/aromatic N) is 1. The molecule has 5 nitrogen and oxygen atoms in total. The molecule has 0 aliphatic carbocycles. The molecule has 1 N–H and O–H groups in total. The number of sulfonamides is 1. The van der Waals surface area contributed by atoms with Crippen molar-refractivity contribution < 1.29 is 31.5 Å². The van der Waals surface area contributed by atoms with Crippen LogP contribution in [0, 0.1) is 17.5 Å². The molecule has 1 rings (SSSR count). The molecule has 0 fully saturated rings. The van der Waals surface area contributed by atoms with E-state index in [1.165, 1.54) is 0 Å². The van der Waals surface area contributed by atoms with Gasteiger partial charge in [0.05, 0.1) is 0 Å². The summed E-state index contributed by atoms with van der Waals surface area (Å²) in [5, 5.41) is 8.62. The van der Waals surface area contributed by atoms with Crippen molar-refractivity contribution in [3.05, 3.63) is 42.2 Å². The van der Waals surface area contributed by atoms with Crippen molar-refractivity contribution >= 4 is 16.0 Å². The van der Waals surface area contributed by atoms with E-state index in [-0.39, 0.29) is 12.1 Å². The van der Waals surface area contributed by atoms with Crippen molar-refractivity contribution in [2.45, 2.75) is 4.90 Å². The summed E-state index contributed by atoms with van der Waals surface area (Å²) in [7, 11) is -4.77. The van der Waals surface area contributed by atoms with Crippen LogP contribution in [0.4, 0.5) is 13.2 Å². The molecule has 0 aliphatic rings. The zero-order valence-corrected chi connectivity index (χ0v) is 10.8. The van der Waals surface area contributed by atoms with Crippen LogP contribution in [-0.2, 0) is 14.8 Å². The molecule has 9 heteroatoms. The summed E-state index contributed by atoms with van der Waals surface area (Å²) in [5.74, 6) is -6.07. The molecule has 0 bridgehead atoms. The Balaban J connectivity index is 3.40. The lowest BCUT2D eigenvalue weighted by Gasteiger charge is -2.19. The van der Waals surface area contributed by atoms with Crippen LogP contribution < -0.4 is 0 Å². The van der Waals surface area contributed by atoms with Crippen molar-refractivity contribution in [2.75, 3.05) is 13.1 Å². The van der Waals surface area contributed by atoms with Crippen molar-refractivity contribution in [1.29, 1.82) is 0 Å². The second-order valence-corrected chi connectivity index (χ2v) is 5.55. The van der Waals surface area contributed by atoms with E-state index in [2.05, 4.69) is 6.58 Å². The SMILES string of the molecule is C=CCN(CC(=O)O)S(=O)(=O)c1c(F)cc(F)cc1F. The molecule has 0 saturated carbocycles. The predicted octanol–water partition coefficient (Wildman–Crippen LogP) is 1.37. The van der Waals surface area contributed by atoms with Crippen LogP contribution in [0.15, 0.2) is 29.7 Å². The lowest BCUT2D eigenvalue weighted by atomic mass is 10.3. The summed E-state index contributed by atoms with van der Waals surface area (Å²) in [5.41, 5.74) is 0. The van der Waals surface area contributed by atoms with E-state index in [0.29, 0.717) is 4.31 Å². The molecule has 0 atom stereocenters. The number of benzene rings is 1. The van der Waals surface area contributed by atoms with E-state index in [9.17, 15) is 26.4 Å². The summed E-state index contributed by atoms with van der Waals surface area (Å²) in [4.78, 5) is 9.20. The molecule has 110 valence electrons. The van der Waals surface area contributed by atoms with Gasteiger partial charge in [0, 0.05) is 18.7 Å². The average Bonchev–Trinajstić information content (AvgIpc) is 2.25. The monoisotopic (exact) mass is 309 g/mol. The largest absolute Gasteiger partial charge is 0.480 e. The normalized spacial score (nSPS) is 11.6. The van der Waals surface area contributed by atoms with E-state index < -0.39 is 51.4 Å². The average molecular weight is 309 g/mol. The fraction of sp³-hybridized carbons (Fsp3) is 0.182. The molecule has 0 saturated heterocycles. The third kappa shape index (κ3) is 3.36. The maximum absolute atomic E-state index is 13.5. The molecule has 20 heavy (non-hydrogen) atoms. The molecule has 0 heterocycles. The molecule has 0 aliphatic heterocycles. The molecular weight excluding hydrogens is 299 g/mol. The zero-order chi connectivity index (χ0) is 15.5. The predicted molar refractivity (Wildman–Crippen MR) is 62.9 cm³/mol. The molecule has 0 aromatic heterocycles. The summed E-state index contributed by atoms with van der Waals surface area (Å²) < 4.78 is 64.1. The first-order valence-corrected chi connectivity index (χ1v) is 6.61. The molecule has 1 aromatic carbocycles. The minimum Gasteiger partial charge on any atom is -0.480 e. The minimum atomic E-state index is -4.77. The number of hydrogen-bond acceptors (Lipinski definition) is 3. The van der Waals surface area contributed by atoms with Gasteiger partial charge < -0.3 is 5.11 Å². The lowest BCUT2D eigenvalue weighted by Crippen LogP contribution is -2.36. The number of carboxylic acid groups (broad SMARTS) is 1. The zero-order valence-electron chi connectivity index (χ0n) is 10.0. The highest BCUT2D eigenvalue weighted by Gasteiger charge is 2.32. The fourth-order valence-electron chi connectivity index (χ4n) is 1.45. The molecule has 1 aromatic rings. The van der Waals surface area contributed by atoms with E-state index in [1.807, 2.05) is 0 Å². The van der Waals surface area contributed by atoms with E-state index in [0.717, 1.165) is 6.08 Å². The van der Waals surface area contributed by atoms with Crippen LogP contribution in [0.5, 0.6) is 0 Å². The smallest absolute Gasteiger partial charge is 0.318 e. The molecule has 0 amide bonds. The van der Waals surface area contributed by atoms with Gasteiger partial charge in [-0.05, 0) is 0 Å². The third-order valence-electron chi connectivity index (χ3n) is 2.21. The first-order valence-electron chi connectivity index (χ1n) is 5.17. The van der Waals surface area contributed by atoms with Crippen molar-refractivity contribution in [3.8, 4) is 0 Å². The Morgan fingerprint density at radius 3 is 2.20 bits per heavy atom. The Kier molecular flexibility index (Phi) is 4.90. The highest BCUT2D eigenvalue weighted by molar-refractivity contribution is 7.89. The van der Waals surface area contributed by atoms with Crippen LogP contribution in [0.1, 0.15) is 0 Å². The van der Waals surface area contributed by atoms with Crippen molar-refractivity contribution in [3.63, 3.8) is 0 Å². The Bertz CT molecular complexity index is 622. The Morgan fingerprint density at radius 1 is 1.30 bits per heavy atom. The van der Waals surface area contributed by atoms with Gasteiger partial charge in [0.2, 0.25) is 10.0 Å². The number of carbonyl (C=O) groups is 1. The van der Waals surface area contributed by atoms with Gasteiger partial charge in [-0.3, -0.25) is 4.79 Å². The molecule has 0 spiro atoms. The van der Waals surface area contributed by atoms with Crippen molar-refractivity contribution in [2.24, 2.45) is 0 Å². The van der Waals surface area contributed by atoms with E-state index in [4.69, 9.17) is 5.11 Å². The number of rotatable bonds is 6. The van der Waals surface area contributed by atoms with E-state index >= 15 is 0 Å². The summed E-state index contributed by atoms with van der Waals surface area (Å²) in [6.07, 6.45) is 1.06. The van der Waals surface area contributed by atoms with Gasteiger partial charge in [-0.2, -0.15) is 4.31 Å². The van der Waals surface area contributed by atoms with Gasteiger partial charge >= 0.3 is 5.97 Å². The van der Waals surface area contributed by atoms with Gasteiger partial charge in [0.1, 0.15) is 24.0 Å².